The summed E-state index contributed by atoms with van der Waals surface area (Å²) < 4.78 is 4.82. The molecule has 20 heavy (non-hydrogen) atoms. The second kappa shape index (κ2) is 6.01. The van der Waals surface area contributed by atoms with Crippen LogP contribution in [0.2, 0.25) is 0 Å². The van der Waals surface area contributed by atoms with Crippen molar-refractivity contribution in [3.63, 3.8) is 0 Å². The summed E-state index contributed by atoms with van der Waals surface area (Å²) in [4.78, 5) is 27.8. The summed E-state index contributed by atoms with van der Waals surface area (Å²) in [5.41, 5.74) is 1.23. The van der Waals surface area contributed by atoms with E-state index in [1.165, 1.54) is 18.6 Å². The zero-order valence-electron chi connectivity index (χ0n) is 11.2. The van der Waals surface area contributed by atoms with Crippen molar-refractivity contribution in [2.45, 2.75) is 19.9 Å². The van der Waals surface area contributed by atoms with Gasteiger partial charge in [-0.25, -0.2) is 4.98 Å². The number of furan rings is 1. The molecule has 2 heterocycles. The third kappa shape index (κ3) is 3.23. The van der Waals surface area contributed by atoms with Crippen molar-refractivity contribution in [2.24, 2.45) is 0 Å². The van der Waals surface area contributed by atoms with Crippen molar-refractivity contribution < 1.29 is 14.0 Å². The summed E-state index contributed by atoms with van der Waals surface area (Å²) >= 11 is 0. The molecule has 104 valence electrons. The molecule has 0 bridgehead atoms. The van der Waals surface area contributed by atoms with E-state index in [0.717, 1.165) is 5.56 Å². The van der Waals surface area contributed by atoms with E-state index >= 15 is 0 Å². The molecule has 2 aromatic heterocycles. The highest BCUT2D eigenvalue weighted by Crippen LogP contribution is 2.09. The molecule has 2 aromatic rings. The van der Waals surface area contributed by atoms with Gasteiger partial charge in [-0.05, 0) is 31.5 Å². The molecule has 2 amide bonds. The zero-order valence-corrected chi connectivity index (χ0v) is 11.2. The van der Waals surface area contributed by atoms with Gasteiger partial charge in [0.15, 0.2) is 0 Å². The van der Waals surface area contributed by atoms with Crippen LogP contribution in [-0.4, -0.2) is 22.8 Å². The number of carbonyl (C=O) groups is 2. The summed E-state index contributed by atoms with van der Waals surface area (Å²) in [6.45, 7) is 3.45. The average Bonchev–Trinajstić information content (AvgIpc) is 2.95. The molecule has 0 aliphatic heterocycles. The predicted octanol–water partition coefficient (Wildman–Crippen LogP) is 1.74. The lowest BCUT2D eigenvalue weighted by atomic mass is 10.2. The van der Waals surface area contributed by atoms with Gasteiger partial charge < -0.3 is 15.1 Å². The molecule has 0 radical (unpaired) electrons. The largest absolute Gasteiger partial charge is 0.472 e. The van der Waals surface area contributed by atoms with E-state index in [1.807, 2.05) is 13.0 Å². The SMILES string of the molecule is Cc1cccnc1NC(=O)[C@@H](C)NC(=O)c1ccoc1. The second-order valence-corrected chi connectivity index (χ2v) is 4.37. The highest BCUT2D eigenvalue weighted by molar-refractivity contribution is 6.00. The summed E-state index contributed by atoms with van der Waals surface area (Å²) in [6.07, 6.45) is 4.32. The summed E-state index contributed by atoms with van der Waals surface area (Å²) in [5.74, 6) is -0.204. The van der Waals surface area contributed by atoms with Gasteiger partial charge in [-0.2, -0.15) is 0 Å². The third-order valence-corrected chi connectivity index (χ3v) is 2.78. The molecule has 6 nitrogen and oxygen atoms in total. The second-order valence-electron chi connectivity index (χ2n) is 4.37. The maximum Gasteiger partial charge on any atom is 0.255 e. The Balaban J connectivity index is 1.96. The number of nitrogens with zero attached hydrogens (tertiary/aromatic N) is 1. The predicted molar refractivity (Wildman–Crippen MR) is 73.2 cm³/mol. The molecule has 2 rings (SSSR count). The van der Waals surface area contributed by atoms with Gasteiger partial charge in [0, 0.05) is 6.20 Å². The molecule has 1 atom stereocenters. The Morgan fingerprint density at radius 1 is 1.35 bits per heavy atom. The molecule has 0 aliphatic carbocycles. The number of anilines is 1. The molecule has 0 fully saturated rings. The van der Waals surface area contributed by atoms with Crippen LogP contribution >= 0.6 is 0 Å². The van der Waals surface area contributed by atoms with Gasteiger partial charge in [0.2, 0.25) is 5.91 Å². The van der Waals surface area contributed by atoms with Crippen LogP contribution in [0, 0.1) is 6.92 Å². The first-order valence-corrected chi connectivity index (χ1v) is 6.13. The van der Waals surface area contributed by atoms with E-state index in [-0.39, 0.29) is 11.8 Å². The minimum Gasteiger partial charge on any atom is -0.472 e. The van der Waals surface area contributed by atoms with E-state index in [1.54, 1.807) is 19.2 Å². The zero-order chi connectivity index (χ0) is 14.5. The number of pyridine rings is 1. The minimum atomic E-state index is -0.682. The number of aryl methyl sites for hydroxylation is 1. The molecule has 2 N–H and O–H groups in total. The third-order valence-electron chi connectivity index (χ3n) is 2.78. The van der Waals surface area contributed by atoms with Crippen molar-refractivity contribution >= 4 is 17.6 Å². The highest BCUT2D eigenvalue weighted by Gasteiger charge is 2.18. The number of nitrogens with one attached hydrogen (secondary N) is 2. The number of amides is 2. The van der Waals surface area contributed by atoms with Crippen LogP contribution in [0.15, 0.2) is 41.3 Å². The van der Waals surface area contributed by atoms with Crippen LogP contribution in [0.1, 0.15) is 22.8 Å². The Morgan fingerprint density at radius 3 is 2.80 bits per heavy atom. The van der Waals surface area contributed by atoms with Gasteiger partial charge in [-0.15, -0.1) is 0 Å². The van der Waals surface area contributed by atoms with Crippen molar-refractivity contribution in [1.29, 1.82) is 0 Å². The fourth-order valence-corrected chi connectivity index (χ4v) is 1.58. The molecular formula is C14H15N3O3. The lowest BCUT2D eigenvalue weighted by molar-refractivity contribution is -0.117. The smallest absolute Gasteiger partial charge is 0.255 e. The van der Waals surface area contributed by atoms with Crippen LogP contribution in [-0.2, 0) is 4.79 Å². The van der Waals surface area contributed by atoms with Gasteiger partial charge >= 0.3 is 0 Å². The van der Waals surface area contributed by atoms with Gasteiger partial charge in [0.25, 0.3) is 5.91 Å². The Morgan fingerprint density at radius 2 is 2.15 bits per heavy atom. The Bertz CT molecular complexity index is 608. The molecule has 0 aromatic carbocycles. The first-order valence-electron chi connectivity index (χ1n) is 6.13. The molecule has 0 unspecified atom stereocenters. The first-order chi connectivity index (χ1) is 9.58. The lowest BCUT2D eigenvalue weighted by Gasteiger charge is -2.14. The van der Waals surface area contributed by atoms with Gasteiger partial charge in [0.1, 0.15) is 18.1 Å². The fraction of sp³-hybridized carbons (Fsp3) is 0.214. The number of carbonyl (C=O) groups excluding carboxylic acids is 2. The molecule has 0 spiro atoms. The average molecular weight is 273 g/mol. The van der Waals surface area contributed by atoms with Crippen molar-refractivity contribution in [3.05, 3.63) is 48.0 Å². The highest BCUT2D eigenvalue weighted by atomic mass is 16.3. The van der Waals surface area contributed by atoms with E-state index in [0.29, 0.717) is 11.4 Å². The minimum absolute atomic E-state index is 0.330. The van der Waals surface area contributed by atoms with Gasteiger partial charge in [-0.1, -0.05) is 6.07 Å². The summed E-state index contributed by atoms with van der Waals surface area (Å²) in [7, 11) is 0. The van der Waals surface area contributed by atoms with Crippen molar-refractivity contribution in [1.82, 2.24) is 10.3 Å². The van der Waals surface area contributed by atoms with E-state index < -0.39 is 6.04 Å². The van der Waals surface area contributed by atoms with E-state index in [2.05, 4.69) is 15.6 Å². The first kappa shape index (κ1) is 13.8. The van der Waals surface area contributed by atoms with Crippen molar-refractivity contribution in [3.8, 4) is 0 Å². The monoisotopic (exact) mass is 273 g/mol. The van der Waals surface area contributed by atoms with Crippen LogP contribution in [0.5, 0.6) is 0 Å². The Kier molecular flexibility index (Phi) is 4.14. The van der Waals surface area contributed by atoms with Crippen LogP contribution in [0.3, 0.4) is 0 Å². The van der Waals surface area contributed by atoms with Gasteiger partial charge in [-0.3, -0.25) is 9.59 Å². The number of rotatable bonds is 4. The Labute approximate surface area is 116 Å². The summed E-state index contributed by atoms with van der Waals surface area (Å²) in [5, 5.41) is 5.26. The molecule has 6 heteroatoms. The van der Waals surface area contributed by atoms with Crippen LogP contribution < -0.4 is 10.6 Å². The molecular weight excluding hydrogens is 258 g/mol. The number of hydrogen-bond donors (Lipinski definition) is 2. The topological polar surface area (TPSA) is 84.2 Å². The maximum absolute atomic E-state index is 12.0. The van der Waals surface area contributed by atoms with E-state index in [4.69, 9.17) is 4.42 Å². The molecule has 0 aliphatic rings. The van der Waals surface area contributed by atoms with E-state index in [9.17, 15) is 9.59 Å². The lowest BCUT2D eigenvalue weighted by Crippen LogP contribution is -2.41. The quantitative estimate of drug-likeness (QED) is 0.888. The maximum atomic E-state index is 12.0. The van der Waals surface area contributed by atoms with Crippen molar-refractivity contribution in [2.75, 3.05) is 5.32 Å². The number of aromatic nitrogens is 1. The normalized spacial score (nSPS) is 11.7. The summed E-state index contributed by atoms with van der Waals surface area (Å²) in [6, 6.07) is 4.48. The Hall–Kier alpha value is -2.63. The molecule has 0 saturated carbocycles. The standard InChI is InChI=1S/C14H15N3O3/c1-9-4-3-6-15-12(9)17-13(18)10(2)16-14(19)11-5-7-20-8-11/h3-8,10H,1-2H3,(H,16,19)(H,15,17,18)/t10-/m1/s1. The van der Waals surface area contributed by atoms with Gasteiger partial charge in [0.05, 0.1) is 11.8 Å². The van der Waals surface area contributed by atoms with Crippen LogP contribution in [0.25, 0.3) is 0 Å². The number of hydrogen-bond acceptors (Lipinski definition) is 4. The molecule has 0 saturated heterocycles. The fourth-order valence-electron chi connectivity index (χ4n) is 1.58. The van der Waals surface area contributed by atoms with Crippen LogP contribution in [0.4, 0.5) is 5.82 Å².